The van der Waals surface area contributed by atoms with Gasteiger partial charge in [0.25, 0.3) is 0 Å². The molecule has 0 atom stereocenters. The van der Waals surface area contributed by atoms with Gasteiger partial charge in [0.2, 0.25) is 23.3 Å². The first kappa shape index (κ1) is 10.9. The third-order valence-corrected chi connectivity index (χ3v) is 1.85. The zero-order valence-corrected chi connectivity index (χ0v) is 9.31. The van der Waals surface area contributed by atoms with Gasteiger partial charge in [0, 0.05) is 0 Å². The summed E-state index contributed by atoms with van der Waals surface area (Å²) in [5.41, 5.74) is 0. The second-order valence-electron chi connectivity index (χ2n) is 3.11. The normalized spacial score (nSPS) is 10.4. The molecule has 0 aliphatic heterocycles. The van der Waals surface area contributed by atoms with Crippen LogP contribution in [0.25, 0.3) is 23.3 Å². The average Bonchev–Trinajstić information content (AvgIpc) is 2.48. The molecule has 0 spiro atoms. The van der Waals surface area contributed by atoms with Crippen molar-refractivity contribution in [1.29, 1.82) is 0 Å². The molecular formula is C6H3N13. The van der Waals surface area contributed by atoms with E-state index in [-0.39, 0.29) is 23.3 Å². The van der Waals surface area contributed by atoms with Crippen molar-refractivity contribution >= 4 is 0 Å². The Bertz CT molecular complexity index is 698. The molecule has 0 bridgehead atoms. The minimum absolute atomic E-state index is 0.0601. The van der Waals surface area contributed by atoms with Gasteiger partial charge in [-0.15, -0.1) is 30.6 Å². The van der Waals surface area contributed by atoms with Crippen LogP contribution in [-0.2, 0) is 0 Å². The lowest BCUT2D eigenvalue weighted by molar-refractivity contribution is 0.677. The van der Waals surface area contributed by atoms with Gasteiger partial charge in [0.15, 0.2) is 5.82 Å². The zero-order valence-electron chi connectivity index (χ0n) is 9.31. The monoisotopic (exact) mass is 257 g/mol. The fraction of sp³-hybridized carbons (Fsp3) is 0.167. The van der Waals surface area contributed by atoms with Gasteiger partial charge in [-0.05, 0) is 33.0 Å². The van der Waals surface area contributed by atoms with E-state index in [1.807, 2.05) is 0 Å². The van der Waals surface area contributed by atoms with Crippen LogP contribution < -0.4 is 0 Å². The Morgan fingerprint density at radius 2 is 1.00 bits per heavy atom. The Labute approximate surface area is 104 Å². The first-order chi connectivity index (χ1) is 9.33. The average molecular weight is 257 g/mol. The number of rotatable bonds is 2. The highest BCUT2D eigenvalue weighted by molar-refractivity contribution is 5.46. The maximum atomic E-state index is 4.04. The molecule has 0 N–H and O–H groups in total. The SMILES string of the molecule is Cc1nnnc(-c2nnnc(-c3nnnnn3)n2)n1. The first-order valence-electron chi connectivity index (χ1n) is 4.84. The van der Waals surface area contributed by atoms with Crippen LogP contribution in [0.5, 0.6) is 0 Å². The van der Waals surface area contributed by atoms with Crippen LogP contribution in [-0.4, -0.2) is 66.6 Å². The van der Waals surface area contributed by atoms with E-state index in [1.165, 1.54) is 0 Å². The van der Waals surface area contributed by atoms with Gasteiger partial charge in [-0.2, -0.15) is 4.98 Å². The molecule has 92 valence electrons. The lowest BCUT2D eigenvalue weighted by atomic mass is 10.5. The Morgan fingerprint density at radius 3 is 1.68 bits per heavy atom. The maximum Gasteiger partial charge on any atom is 0.246 e. The van der Waals surface area contributed by atoms with E-state index < -0.39 is 0 Å². The summed E-state index contributed by atoms with van der Waals surface area (Å²) in [4.78, 5) is 8.06. The molecule has 3 aromatic rings. The van der Waals surface area contributed by atoms with Crippen LogP contribution >= 0.6 is 0 Å². The van der Waals surface area contributed by atoms with Gasteiger partial charge < -0.3 is 0 Å². The molecule has 0 aliphatic carbocycles. The van der Waals surface area contributed by atoms with Gasteiger partial charge in [-0.1, -0.05) is 0 Å². The summed E-state index contributed by atoms with van der Waals surface area (Å²) in [5.74, 6) is 0.841. The van der Waals surface area contributed by atoms with Crippen molar-refractivity contribution in [3.05, 3.63) is 5.82 Å². The van der Waals surface area contributed by atoms with Crippen LogP contribution in [0.15, 0.2) is 0 Å². The van der Waals surface area contributed by atoms with E-state index in [9.17, 15) is 0 Å². The zero-order chi connectivity index (χ0) is 13.1. The summed E-state index contributed by atoms with van der Waals surface area (Å²) in [6.07, 6.45) is 0. The van der Waals surface area contributed by atoms with Crippen molar-refractivity contribution in [3.8, 4) is 23.3 Å². The van der Waals surface area contributed by atoms with Crippen LogP contribution in [0, 0.1) is 6.92 Å². The fourth-order valence-electron chi connectivity index (χ4n) is 1.12. The van der Waals surface area contributed by atoms with Crippen LogP contribution in [0.3, 0.4) is 0 Å². The van der Waals surface area contributed by atoms with Crippen molar-refractivity contribution in [1.82, 2.24) is 66.6 Å². The third kappa shape index (κ3) is 2.24. The van der Waals surface area contributed by atoms with E-state index >= 15 is 0 Å². The van der Waals surface area contributed by atoms with Crippen molar-refractivity contribution in [2.24, 2.45) is 0 Å². The molecule has 0 unspecified atom stereocenters. The highest BCUT2D eigenvalue weighted by Gasteiger charge is 2.13. The van der Waals surface area contributed by atoms with E-state index in [2.05, 4.69) is 66.6 Å². The molecule has 19 heavy (non-hydrogen) atoms. The van der Waals surface area contributed by atoms with Crippen molar-refractivity contribution in [2.75, 3.05) is 0 Å². The standard InChI is InChI=1S/C6H3N13/c1-2-7-3(10-15-9-2)4-8-5(12-16-11-4)6-13-17-19-18-14-6/h1H3. The summed E-state index contributed by atoms with van der Waals surface area (Å²) < 4.78 is 0. The van der Waals surface area contributed by atoms with E-state index in [4.69, 9.17) is 0 Å². The van der Waals surface area contributed by atoms with Gasteiger partial charge >= 0.3 is 0 Å². The Kier molecular flexibility index (Phi) is 2.61. The van der Waals surface area contributed by atoms with Gasteiger partial charge in [0.1, 0.15) is 0 Å². The molecule has 13 nitrogen and oxygen atoms in total. The smallest absolute Gasteiger partial charge is 0.207 e. The predicted molar refractivity (Wildman–Crippen MR) is 53.4 cm³/mol. The van der Waals surface area contributed by atoms with Crippen LogP contribution in [0.2, 0.25) is 0 Å². The predicted octanol–water partition coefficient (Wildman–Crippen LogP) is -2.54. The summed E-state index contributed by atoms with van der Waals surface area (Å²) in [6.45, 7) is 1.66. The molecule has 0 saturated carbocycles. The van der Waals surface area contributed by atoms with E-state index in [0.29, 0.717) is 5.82 Å². The molecular weight excluding hydrogens is 254 g/mol. The molecule has 13 heteroatoms. The fourth-order valence-corrected chi connectivity index (χ4v) is 1.12. The first-order valence-corrected chi connectivity index (χ1v) is 4.84. The van der Waals surface area contributed by atoms with Crippen molar-refractivity contribution in [2.45, 2.75) is 6.92 Å². The summed E-state index contributed by atoms with van der Waals surface area (Å²) >= 11 is 0. The van der Waals surface area contributed by atoms with E-state index in [0.717, 1.165) is 0 Å². The van der Waals surface area contributed by atoms with E-state index in [1.54, 1.807) is 6.92 Å². The van der Waals surface area contributed by atoms with Crippen molar-refractivity contribution < 1.29 is 0 Å². The maximum absolute atomic E-state index is 4.04. The molecule has 0 aliphatic rings. The molecule has 0 fully saturated rings. The largest absolute Gasteiger partial charge is 0.246 e. The summed E-state index contributed by atoms with van der Waals surface area (Å²) in [5, 5.41) is 38.8. The molecule has 3 heterocycles. The van der Waals surface area contributed by atoms with Crippen molar-refractivity contribution in [3.63, 3.8) is 0 Å². The summed E-state index contributed by atoms with van der Waals surface area (Å²) in [6, 6.07) is 0. The number of aryl methyl sites for hydroxylation is 1. The second-order valence-corrected chi connectivity index (χ2v) is 3.11. The molecule has 0 radical (unpaired) electrons. The van der Waals surface area contributed by atoms with Crippen LogP contribution in [0.1, 0.15) is 5.82 Å². The number of nitrogens with zero attached hydrogens (tertiary/aromatic N) is 13. The second kappa shape index (κ2) is 4.55. The highest BCUT2D eigenvalue weighted by Crippen LogP contribution is 2.09. The molecule has 0 aromatic carbocycles. The minimum atomic E-state index is 0.0601. The van der Waals surface area contributed by atoms with Gasteiger partial charge in [-0.25, -0.2) is 4.98 Å². The Morgan fingerprint density at radius 1 is 0.474 bits per heavy atom. The molecule has 0 amide bonds. The molecule has 3 aromatic heterocycles. The quantitative estimate of drug-likeness (QED) is 0.471. The summed E-state index contributed by atoms with van der Waals surface area (Å²) in [7, 11) is 0. The number of aromatic nitrogens is 13. The van der Waals surface area contributed by atoms with Gasteiger partial charge in [0.05, 0.1) is 0 Å². The number of hydrogen-bond donors (Lipinski definition) is 0. The third-order valence-electron chi connectivity index (χ3n) is 1.85. The lowest BCUT2D eigenvalue weighted by Gasteiger charge is -1.97. The Hall–Kier alpha value is -3.25. The Balaban J connectivity index is 2.06. The molecule has 3 rings (SSSR count). The minimum Gasteiger partial charge on any atom is -0.207 e. The highest BCUT2D eigenvalue weighted by atomic mass is 15.5. The number of hydrogen-bond acceptors (Lipinski definition) is 13. The lowest BCUT2D eigenvalue weighted by Crippen LogP contribution is -2.07. The van der Waals surface area contributed by atoms with Gasteiger partial charge in [-0.3, -0.25) is 0 Å². The molecule has 0 saturated heterocycles. The van der Waals surface area contributed by atoms with Crippen LogP contribution in [0.4, 0.5) is 0 Å². The topological polar surface area (TPSA) is 168 Å².